The van der Waals surface area contributed by atoms with Crippen molar-refractivity contribution < 1.29 is 9.50 Å². The van der Waals surface area contributed by atoms with Crippen LogP contribution < -0.4 is 0 Å². The quantitative estimate of drug-likeness (QED) is 0.811. The summed E-state index contributed by atoms with van der Waals surface area (Å²) in [7, 11) is 0. The Balaban J connectivity index is 3.08. The van der Waals surface area contributed by atoms with Crippen LogP contribution in [0.4, 0.5) is 4.39 Å². The molecule has 2 atom stereocenters. The standard InChI is InChI=1S/C12H15BrClFO/c1-6(2)7(3)12(16)8-4-10(14)9(13)5-11(8)15/h4-7,12,16H,1-3H3. The number of hydrogen-bond acceptors (Lipinski definition) is 1. The monoisotopic (exact) mass is 308 g/mol. The highest BCUT2D eigenvalue weighted by Gasteiger charge is 2.23. The third kappa shape index (κ3) is 2.96. The molecule has 0 radical (unpaired) electrons. The van der Waals surface area contributed by atoms with Crippen molar-refractivity contribution in [1.29, 1.82) is 0 Å². The normalized spacial score (nSPS) is 15.2. The van der Waals surface area contributed by atoms with E-state index in [9.17, 15) is 9.50 Å². The van der Waals surface area contributed by atoms with E-state index in [2.05, 4.69) is 15.9 Å². The van der Waals surface area contributed by atoms with Crippen molar-refractivity contribution in [3.8, 4) is 0 Å². The van der Waals surface area contributed by atoms with Gasteiger partial charge < -0.3 is 5.11 Å². The molecule has 1 N–H and O–H groups in total. The molecule has 0 aromatic heterocycles. The van der Waals surface area contributed by atoms with E-state index in [-0.39, 0.29) is 17.4 Å². The summed E-state index contributed by atoms with van der Waals surface area (Å²) in [6, 6.07) is 2.76. The van der Waals surface area contributed by atoms with Crippen molar-refractivity contribution in [3.63, 3.8) is 0 Å². The van der Waals surface area contributed by atoms with Gasteiger partial charge in [-0.25, -0.2) is 4.39 Å². The highest BCUT2D eigenvalue weighted by atomic mass is 79.9. The molecule has 1 rings (SSSR count). The second-order valence-corrected chi connectivity index (χ2v) is 5.60. The van der Waals surface area contributed by atoms with E-state index in [1.54, 1.807) is 0 Å². The average Bonchev–Trinajstić information content (AvgIpc) is 2.21. The van der Waals surface area contributed by atoms with Gasteiger partial charge in [0.1, 0.15) is 5.82 Å². The van der Waals surface area contributed by atoms with E-state index in [0.717, 1.165) is 0 Å². The number of benzene rings is 1. The molecular weight excluding hydrogens is 294 g/mol. The Kier molecular flexibility index (Phi) is 4.77. The highest BCUT2D eigenvalue weighted by Crippen LogP contribution is 2.33. The lowest BCUT2D eigenvalue weighted by molar-refractivity contribution is 0.0887. The first kappa shape index (κ1) is 13.9. The largest absolute Gasteiger partial charge is 0.388 e. The molecule has 2 unspecified atom stereocenters. The van der Waals surface area contributed by atoms with Crippen LogP contribution in [0, 0.1) is 17.7 Å². The van der Waals surface area contributed by atoms with E-state index in [0.29, 0.717) is 9.50 Å². The van der Waals surface area contributed by atoms with Crippen LogP contribution in [0.5, 0.6) is 0 Å². The molecule has 16 heavy (non-hydrogen) atoms. The van der Waals surface area contributed by atoms with Crippen molar-refractivity contribution in [2.24, 2.45) is 11.8 Å². The number of aliphatic hydroxyl groups excluding tert-OH is 1. The van der Waals surface area contributed by atoms with E-state index >= 15 is 0 Å². The Morgan fingerprint density at radius 1 is 1.31 bits per heavy atom. The summed E-state index contributed by atoms with van der Waals surface area (Å²) in [6.07, 6.45) is -0.828. The molecule has 0 aliphatic heterocycles. The molecule has 0 saturated heterocycles. The van der Waals surface area contributed by atoms with Gasteiger partial charge in [0.15, 0.2) is 0 Å². The van der Waals surface area contributed by atoms with Crippen molar-refractivity contribution in [2.45, 2.75) is 26.9 Å². The maximum Gasteiger partial charge on any atom is 0.130 e. The second-order valence-electron chi connectivity index (χ2n) is 4.34. The van der Waals surface area contributed by atoms with Gasteiger partial charge in [0.05, 0.1) is 11.1 Å². The summed E-state index contributed by atoms with van der Waals surface area (Å²) in [4.78, 5) is 0. The Morgan fingerprint density at radius 3 is 2.38 bits per heavy atom. The lowest BCUT2D eigenvalue weighted by Crippen LogP contribution is -2.16. The fraction of sp³-hybridized carbons (Fsp3) is 0.500. The van der Waals surface area contributed by atoms with Crippen LogP contribution in [-0.2, 0) is 0 Å². The van der Waals surface area contributed by atoms with E-state index in [1.165, 1.54) is 12.1 Å². The number of rotatable bonds is 3. The van der Waals surface area contributed by atoms with E-state index in [4.69, 9.17) is 11.6 Å². The topological polar surface area (TPSA) is 20.2 Å². The fourth-order valence-corrected chi connectivity index (χ4v) is 1.90. The van der Waals surface area contributed by atoms with Crippen LogP contribution in [0.1, 0.15) is 32.4 Å². The first-order valence-electron chi connectivity index (χ1n) is 5.17. The zero-order valence-corrected chi connectivity index (χ0v) is 11.8. The van der Waals surface area contributed by atoms with Gasteiger partial charge in [0.2, 0.25) is 0 Å². The van der Waals surface area contributed by atoms with Gasteiger partial charge in [-0.15, -0.1) is 0 Å². The molecule has 0 saturated carbocycles. The minimum absolute atomic E-state index is 0.0215. The molecule has 1 nitrogen and oxygen atoms in total. The lowest BCUT2D eigenvalue weighted by atomic mass is 9.88. The first-order valence-corrected chi connectivity index (χ1v) is 6.34. The van der Waals surface area contributed by atoms with Gasteiger partial charge in [-0.1, -0.05) is 32.4 Å². The van der Waals surface area contributed by atoms with Crippen molar-refractivity contribution >= 4 is 27.5 Å². The smallest absolute Gasteiger partial charge is 0.130 e. The van der Waals surface area contributed by atoms with Crippen LogP contribution >= 0.6 is 27.5 Å². The maximum absolute atomic E-state index is 13.7. The van der Waals surface area contributed by atoms with E-state index < -0.39 is 11.9 Å². The SMILES string of the molecule is CC(C)C(C)C(O)c1cc(Cl)c(Br)cc1F. The zero-order chi connectivity index (χ0) is 12.5. The third-order valence-electron chi connectivity index (χ3n) is 2.91. The van der Waals surface area contributed by atoms with Gasteiger partial charge in [0, 0.05) is 10.0 Å². The highest BCUT2D eigenvalue weighted by molar-refractivity contribution is 9.10. The minimum Gasteiger partial charge on any atom is -0.388 e. The van der Waals surface area contributed by atoms with Gasteiger partial charge in [-0.2, -0.15) is 0 Å². The molecule has 0 aliphatic carbocycles. The number of aliphatic hydroxyl groups is 1. The van der Waals surface area contributed by atoms with Gasteiger partial charge in [-0.05, 0) is 39.9 Å². The molecule has 0 bridgehead atoms. The molecule has 0 spiro atoms. The summed E-state index contributed by atoms with van der Waals surface area (Å²) in [6.45, 7) is 5.88. The molecular formula is C12H15BrClFO. The van der Waals surface area contributed by atoms with Gasteiger partial charge in [-0.3, -0.25) is 0 Å². The summed E-state index contributed by atoms with van der Waals surface area (Å²) in [5, 5.41) is 10.5. The molecule has 90 valence electrons. The molecule has 0 amide bonds. The fourth-order valence-electron chi connectivity index (χ4n) is 1.41. The summed E-state index contributed by atoms with van der Waals surface area (Å²) in [5.41, 5.74) is 0.259. The van der Waals surface area contributed by atoms with Crippen LogP contribution in [0.25, 0.3) is 0 Å². The van der Waals surface area contributed by atoms with Crippen LogP contribution in [0.2, 0.25) is 5.02 Å². The molecule has 0 fully saturated rings. The Hall–Kier alpha value is -0.120. The zero-order valence-electron chi connectivity index (χ0n) is 9.47. The van der Waals surface area contributed by atoms with Crippen LogP contribution in [0.15, 0.2) is 16.6 Å². The average molecular weight is 310 g/mol. The van der Waals surface area contributed by atoms with Crippen molar-refractivity contribution in [1.82, 2.24) is 0 Å². The molecule has 1 aromatic carbocycles. The molecule has 0 aliphatic rings. The Labute approximate surface area is 109 Å². The second kappa shape index (κ2) is 5.48. The van der Waals surface area contributed by atoms with Crippen LogP contribution in [-0.4, -0.2) is 5.11 Å². The first-order chi connectivity index (χ1) is 7.34. The summed E-state index contributed by atoms with van der Waals surface area (Å²) >= 11 is 9.03. The Morgan fingerprint density at radius 2 is 1.88 bits per heavy atom. The van der Waals surface area contributed by atoms with Crippen molar-refractivity contribution in [3.05, 3.63) is 33.0 Å². The lowest BCUT2D eigenvalue weighted by Gasteiger charge is -2.23. The summed E-state index contributed by atoms with van der Waals surface area (Å²) < 4.78 is 14.2. The summed E-state index contributed by atoms with van der Waals surface area (Å²) in [5.74, 6) is -0.181. The predicted octanol–water partition coefficient (Wildman–Crippen LogP) is 4.57. The van der Waals surface area contributed by atoms with Gasteiger partial charge >= 0.3 is 0 Å². The van der Waals surface area contributed by atoms with E-state index in [1.807, 2.05) is 20.8 Å². The maximum atomic E-state index is 13.7. The number of halogens is 3. The number of hydrogen-bond donors (Lipinski definition) is 1. The van der Waals surface area contributed by atoms with Gasteiger partial charge in [0.25, 0.3) is 0 Å². The van der Waals surface area contributed by atoms with Crippen LogP contribution in [0.3, 0.4) is 0 Å². The minimum atomic E-state index is -0.828. The Bertz CT molecular complexity index is 382. The third-order valence-corrected chi connectivity index (χ3v) is 4.10. The van der Waals surface area contributed by atoms with Crippen molar-refractivity contribution in [2.75, 3.05) is 0 Å². The predicted molar refractivity (Wildman–Crippen MR) is 68.1 cm³/mol. The molecule has 4 heteroatoms. The molecule has 1 aromatic rings. The molecule has 0 heterocycles.